The van der Waals surface area contributed by atoms with E-state index in [0.29, 0.717) is 0 Å². The molecule has 1 aromatic carbocycles. The summed E-state index contributed by atoms with van der Waals surface area (Å²) < 4.78 is 1.12. The molecule has 3 rings (SSSR count). The Kier molecular flexibility index (Phi) is 5.24. The molecule has 1 N–H and O–H groups in total. The summed E-state index contributed by atoms with van der Waals surface area (Å²) in [5, 5.41) is 3.43. The Morgan fingerprint density at radius 1 is 1.23 bits per heavy atom. The molecule has 1 aliphatic rings. The molecule has 0 bridgehead atoms. The van der Waals surface area contributed by atoms with Crippen molar-refractivity contribution in [2.75, 3.05) is 26.2 Å². The summed E-state index contributed by atoms with van der Waals surface area (Å²) in [5.41, 5.74) is 3.72. The normalized spacial score (nSPS) is 17.4. The van der Waals surface area contributed by atoms with Crippen molar-refractivity contribution in [2.24, 2.45) is 0 Å². The number of piperazine rings is 1. The molecule has 1 atom stereocenters. The molecule has 1 unspecified atom stereocenters. The van der Waals surface area contributed by atoms with E-state index in [2.05, 4.69) is 69.5 Å². The maximum absolute atomic E-state index is 4.75. The summed E-state index contributed by atoms with van der Waals surface area (Å²) in [7, 11) is 0. The highest BCUT2D eigenvalue weighted by atomic mass is 79.9. The molecule has 1 fully saturated rings. The molecule has 3 nitrogen and oxygen atoms in total. The fourth-order valence-corrected chi connectivity index (χ4v) is 3.41. The van der Waals surface area contributed by atoms with Gasteiger partial charge in [0.05, 0.1) is 11.7 Å². The Morgan fingerprint density at radius 2 is 2.05 bits per heavy atom. The second-order valence-electron chi connectivity index (χ2n) is 5.69. The van der Waals surface area contributed by atoms with E-state index in [1.54, 1.807) is 0 Å². The van der Waals surface area contributed by atoms with Gasteiger partial charge in [-0.1, -0.05) is 41.1 Å². The molecule has 0 radical (unpaired) electrons. The van der Waals surface area contributed by atoms with Crippen LogP contribution in [0, 0.1) is 0 Å². The standard InChI is InChI=1S/C18H22BrN3/c1-2-14-6-7-17(21-13-14)18(22-10-8-20-9-11-22)15-4-3-5-16(19)12-15/h3-7,12-13,18,20H,2,8-11H2,1H3. The van der Waals surface area contributed by atoms with Crippen molar-refractivity contribution in [1.82, 2.24) is 15.2 Å². The van der Waals surface area contributed by atoms with Crippen LogP contribution >= 0.6 is 15.9 Å². The Bertz CT molecular complexity index is 606. The zero-order valence-electron chi connectivity index (χ0n) is 12.9. The lowest BCUT2D eigenvalue weighted by Crippen LogP contribution is -2.45. The Morgan fingerprint density at radius 3 is 2.68 bits per heavy atom. The van der Waals surface area contributed by atoms with E-state index in [-0.39, 0.29) is 6.04 Å². The number of pyridine rings is 1. The second kappa shape index (κ2) is 7.36. The Labute approximate surface area is 140 Å². The van der Waals surface area contributed by atoms with E-state index in [1.807, 2.05) is 6.20 Å². The quantitative estimate of drug-likeness (QED) is 0.906. The van der Waals surface area contributed by atoms with Crippen LogP contribution in [0.25, 0.3) is 0 Å². The van der Waals surface area contributed by atoms with E-state index in [0.717, 1.165) is 42.8 Å². The van der Waals surface area contributed by atoms with Gasteiger partial charge in [0.2, 0.25) is 0 Å². The molecule has 2 heterocycles. The minimum Gasteiger partial charge on any atom is -0.314 e. The van der Waals surface area contributed by atoms with E-state index < -0.39 is 0 Å². The van der Waals surface area contributed by atoms with Crippen LogP contribution in [0.5, 0.6) is 0 Å². The number of hydrogen-bond acceptors (Lipinski definition) is 3. The van der Waals surface area contributed by atoms with E-state index in [1.165, 1.54) is 11.1 Å². The first kappa shape index (κ1) is 15.7. The van der Waals surface area contributed by atoms with Crippen molar-refractivity contribution < 1.29 is 0 Å². The van der Waals surface area contributed by atoms with Crippen LogP contribution in [0.4, 0.5) is 0 Å². The van der Waals surface area contributed by atoms with Crippen LogP contribution in [-0.2, 0) is 6.42 Å². The summed E-state index contributed by atoms with van der Waals surface area (Å²) in [6.45, 7) is 6.34. The van der Waals surface area contributed by atoms with Crippen molar-refractivity contribution in [2.45, 2.75) is 19.4 Å². The predicted octanol–water partition coefficient (Wildman–Crippen LogP) is 3.40. The summed E-state index contributed by atoms with van der Waals surface area (Å²) in [4.78, 5) is 7.27. The molecule has 0 amide bonds. The summed E-state index contributed by atoms with van der Waals surface area (Å²) in [6, 6.07) is 13.2. The van der Waals surface area contributed by atoms with Gasteiger partial charge in [-0.3, -0.25) is 9.88 Å². The number of nitrogens with one attached hydrogen (secondary N) is 1. The largest absolute Gasteiger partial charge is 0.314 e. The lowest BCUT2D eigenvalue weighted by atomic mass is 10.00. The molecule has 0 spiro atoms. The van der Waals surface area contributed by atoms with Crippen LogP contribution in [0.2, 0.25) is 0 Å². The van der Waals surface area contributed by atoms with E-state index >= 15 is 0 Å². The summed E-state index contributed by atoms with van der Waals surface area (Å²) in [5.74, 6) is 0. The average molecular weight is 360 g/mol. The number of rotatable bonds is 4. The first-order valence-electron chi connectivity index (χ1n) is 7.93. The Hall–Kier alpha value is -1.23. The van der Waals surface area contributed by atoms with Crippen molar-refractivity contribution >= 4 is 15.9 Å². The van der Waals surface area contributed by atoms with Gasteiger partial charge in [-0.05, 0) is 35.7 Å². The first-order chi connectivity index (χ1) is 10.8. The third-order valence-corrected chi connectivity index (χ3v) is 4.71. The molecule has 116 valence electrons. The lowest BCUT2D eigenvalue weighted by Gasteiger charge is -2.35. The van der Waals surface area contributed by atoms with Gasteiger partial charge in [-0.25, -0.2) is 0 Å². The zero-order chi connectivity index (χ0) is 15.4. The molecule has 2 aromatic rings. The molecule has 0 aliphatic carbocycles. The number of aryl methyl sites for hydroxylation is 1. The van der Waals surface area contributed by atoms with Gasteiger partial charge in [0, 0.05) is 36.8 Å². The fourth-order valence-electron chi connectivity index (χ4n) is 2.99. The fraction of sp³-hybridized carbons (Fsp3) is 0.389. The smallest absolute Gasteiger partial charge is 0.0777 e. The highest BCUT2D eigenvalue weighted by Crippen LogP contribution is 2.29. The Balaban J connectivity index is 1.97. The van der Waals surface area contributed by atoms with Gasteiger partial charge in [0.1, 0.15) is 0 Å². The molecule has 1 aromatic heterocycles. The van der Waals surface area contributed by atoms with E-state index in [9.17, 15) is 0 Å². The van der Waals surface area contributed by atoms with Gasteiger partial charge in [0.15, 0.2) is 0 Å². The maximum atomic E-state index is 4.75. The van der Waals surface area contributed by atoms with Crippen molar-refractivity contribution in [3.8, 4) is 0 Å². The summed E-state index contributed by atoms with van der Waals surface area (Å²) in [6.07, 6.45) is 3.05. The zero-order valence-corrected chi connectivity index (χ0v) is 14.5. The maximum Gasteiger partial charge on any atom is 0.0777 e. The number of benzene rings is 1. The van der Waals surface area contributed by atoms with Crippen molar-refractivity contribution in [3.63, 3.8) is 0 Å². The number of hydrogen-bond donors (Lipinski definition) is 1. The minimum atomic E-state index is 0.227. The van der Waals surface area contributed by atoms with Gasteiger partial charge < -0.3 is 5.32 Å². The van der Waals surface area contributed by atoms with Crippen LogP contribution in [-0.4, -0.2) is 36.1 Å². The van der Waals surface area contributed by atoms with Crippen molar-refractivity contribution in [1.29, 1.82) is 0 Å². The van der Waals surface area contributed by atoms with Crippen LogP contribution in [0.3, 0.4) is 0 Å². The molecular formula is C18H22BrN3. The minimum absolute atomic E-state index is 0.227. The number of nitrogens with zero attached hydrogens (tertiary/aromatic N) is 2. The number of aromatic nitrogens is 1. The molecular weight excluding hydrogens is 338 g/mol. The SMILES string of the molecule is CCc1ccc(C(c2cccc(Br)c2)N2CCNCC2)nc1. The average Bonchev–Trinajstić information content (AvgIpc) is 2.57. The van der Waals surface area contributed by atoms with Gasteiger partial charge in [-0.2, -0.15) is 0 Å². The molecule has 1 aliphatic heterocycles. The van der Waals surface area contributed by atoms with Crippen molar-refractivity contribution in [3.05, 3.63) is 63.9 Å². The predicted molar refractivity (Wildman–Crippen MR) is 94.0 cm³/mol. The van der Waals surface area contributed by atoms with E-state index in [4.69, 9.17) is 4.98 Å². The highest BCUT2D eigenvalue weighted by Gasteiger charge is 2.25. The first-order valence-corrected chi connectivity index (χ1v) is 8.72. The lowest BCUT2D eigenvalue weighted by molar-refractivity contribution is 0.195. The molecule has 1 saturated heterocycles. The van der Waals surface area contributed by atoms with Gasteiger partial charge in [0.25, 0.3) is 0 Å². The molecule has 22 heavy (non-hydrogen) atoms. The van der Waals surface area contributed by atoms with Gasteiger partial charge in [-0.15, -0.1) is 0 Å². The van der Waals surface area contributed by atoms with Crippen LogP contribution in [0.1, 0.15) is 29.8 Å². The summed E-state index contributed by atoms with van der Waals surface area (Å²) >= 11 is 3.60. The third kappa shape index (κ3) is 3.57. The highest BCUT2D eigenvalue weighted by molar-refractivity contribution is 9.10. The second-order valence-corrected chi connectivity index (χ2v) is 6.60. The van der Waals surface area contributed by atoms with Gasteiger partial charge >= 0.3 is 0 Å². The van der Waals surface area contributed by atoms with Crippen LogP contribution < -0.4 is 5.32 Å². The third-order valence-electron chi connectivity index (χ3n) is 4.22. The number of halogens is 1. The monoisotopic (exact) mass is 359 g/mol. The molecule has 0 saturated carbocycles. The topological polar surface area (TPSA) is 28.2 Å². The molecule has 4 heteroatoms. The van der Waals surface area contributed by atoms with Crippen LogP contribution in [0.15, 0.2) is 47.1 Å².